The fourth-order valence-corrected chi connectivity index (χ4v) is 4.14. The smallest absolute Gasteiger partial charge is 0.0672 e. The van der Waals surface area contributed by atoms with Gasteiger partial charge in [0.1, 0.15) is 0 Å². The molecule has 114 valence electrons. The predicted molar refractivity (Wildman–Crippen MR) is 84.3 cm³/mol. The van der Waals surface area contributed by atoms with Crippen LogP contribution in [0, 0.1) is 34.0 Å². The summed E-state index contributed by atoms with van der Waals surface area (Å²) in [6.45, 7) is 14.2. The summed E-state index contributed by atoms with van der Waals surface area (Å²) in [4.78, 5) is 2.63. The normalized spacial score (nSPS) is 34.9. The molecule has 0 amide bonds. The van der Waals surface area contributed by atoms with E-state index in [0.717, 1.165) is 12.3 Å². The van der Waals surface area contributed by atoms with Crippen LogP contribution in [0.15, 0.2) is 0 Å². The lowest BCUT2D eigenvalue weighted by Gasteiger charge is -2.44. The van der Waals surface area contributed by atoms with E-state index in [9.17, 15) is 5.26 Å². The Kier molecular flexibility index (Phi) is 4.50. The molecular formula is C18H32N2. The second-order valence-electron chi connectivity index (χ2n) is 8.54. The zero-order valence-corrected chi connectivity index (χ0v) is 14.1. The second-order valence-corrected chi connectivity index (χ2v) is 8.54. The molecule has 2 heteroatoms. The molecule has 0 aromatic heterocycles. The van der Waals surface area contributed by atoms with Crippen molar-refractivity contribution in [3.05, 3.63) is 0 Å². The number of hydrogen-bond acceptors (Lipinski definition) is 2. The Labute approximate surface area is 125 Å². The Morgan fingerprint density at radius 3 is 2.50 bits per heavy atom. The zero-order valence-electron chi connectivity index (χ0n) is 14.1. The van der Waals surface area contributed by atoms with E-state index in [4.69, 9.17) is 0 Å². The van der Waals surface area contributed by atoms with Gasteiger partial charge in [-0.05, 0) is 49.0 Å². The molecule has 3 unspecified atom stereocenters. The van der Waals surface area contributed by atoms with E-state index in [2.05, 4.69) is 45.6 Å². The maximum atomic E-state index is 9.52. The maximum Gasteiger partial charge on any atom is 0.0672 e. The van der Waals surface area contributed by atoms with Crippen LogP contribution in [0.5, 0.6) is 0 Å². The van der Waals surface area contributed by atoms with E-state index in [1.54, 1.807) is 0 Å². The number of nitrogens with zero attached hydrogens (tertiary/aromatic N) is 2. The second kappa shape index (κ2) is 5.68. The lowest BCUT2D eigenvalue weighted by atomic mass is 9.66. The highest BCUT2D eigenvalue weighted by Crippen LogP contribution is 2.45. The molecule has 0 N–H and O–H groups in total. The molecule has 2 nitrogen and oxygen atoms in total. The van der Waals surface area contributed by atoms with E-state index in [-0.39, 0.29) is 5.92 Å². The van der Waals surface area contributed by atoms with Crippen LogP contribution in [0.4, 0.5) is 0 Å². The molecule has 1 saturated carbocycles. The summed E-state index contributed by atoms with van der Waals surface area (Å²) in [6, 6.07) is 3.11. The lowest BCUT2D eigenvalue weighted by molar-refractivity contribution is 0.0591. The topological polar surface area (TPSA) is 27.0 Å². The molecule has 1 aliphatic heterocycles. The fraction of sp³-hybridized carbons (Fsp3) is 0.944. The molecule has 3 atom stereocenters. The summed E-state index contributed by atoms with van der Waals surface area (Å²) >= 11 is 0. The average Bonchev–Trinajstić information content (AvgIpc) is 2.78. The van der Waals surface area contributed by atoms with Crippen molar-refractivity contribution >= 4 is 0 Å². The minimum Gasteiger partial charge on any atom is -0.299 e. The number of nitriles is 1. The van der Waals surface area contributed by atoms with Crippen LogP contribution in [0.3, 0.4) is 0 Å². The summed E-state index contributed by atoms with van der Waals surface area (Å²) in [7, 11) is 0. The van der Waals surface area contributed by atoms with E-state index in [1.165, 1.54) is 38.8 Å². The lowest BCUT2D eigenvalue weighted by Crippen LogP contribution is -2.45. The fourth-order valence-electron chi connectivity index (χ4n) is 4.14. The minimum atomic E-state index is 0.257. The van der Waals surface area contributed by atoms with Crippen LogP contribution in [-0.4, -0.2) is 24.0 Å². The third kappa shape index (κ3) is 3.19. The van der Waals surface area contributed by atoms with Crippen LogP contribution < -0.4 is 0 Å². The molecule has 0 spiro atoms. The van der Waals surface area contributed by atoms with Crippen molar-refractivity contribution in [1.82, 2.24) is 4.90 Å². The van der Waals surface area contributed by atoms with E-state index < -0.39 is 0 Å². The first-order valence-corrected chi connectivity index (χ1v) is 8.43. The monoisotopic (exact) mass is 276 g/mol. The van der Waals surface area contributed by atoms with Gasteiger partial charge < -0.3 is 0 Å². The Hall–Kier alpha value is -0.550. The largest absolute Gasteiger partial charge is 0.299 e. The van der Waals surface area contributed by atoms with Gasteiger partial charge in [-0.2, -0.15) is 5.26 Å². The van der Waals surface area contributed by atoms with E-state index in [1.807, 2.05) is 0 Å². The summed E-state index contributed by atoms with van der Waals surface area (Å²) in [5.74, 6) is 1.04. The maximum absolute atomic E-state index is 9.52. The van der Waals surface area contributed by atoms with Gasteiger partial charge in [0.15, 0.2) is 0 Å². The van der Waals surface area contributed by atoms with E-state index >= 15 is 0 Å². The van der Waals surface area contributed by atoms with E-state index in [0.29, 0.717) is 16.9 Å². The molecule has 2 rings (SSSR count). The standard InChI is InChI=1S/C18H32N2/c1-6-18(4,5)15-8-7-14(12-19)16(11-15)20-10-9-17(2,3)13-20/h14-16H,6-11,13H2,1-5H3. The van der Waals surface area contributed by atoms with Gasteiger partial charge in [0.2, 0.25) is 0 Å². The molecule has 0 bridgehead atoms. The Bertz CT molecular complexity index is 377. The molecule has 1 heterocycles. The number of likely N-dealkylation sites (tertiary alicyclic amines) is 1. The molecule has 20 heavy (non-hydrogen) atoms. The molecule has 2 aliphatic rings. The van der Waals surface area contributed by atoms with Crippen molar-refractivity contribution in [2.45, 2.75) is 72.8 Å². The first-order chi connectivity index (χ1) is 9.29. The van der Waals surface area contributed by atoms with Gasteiger partial charge in [-0.25, -0.2) is 0 Å². The summed E-state index contributed by atoms with van der Waals surface area (Å²) in [6.07, 6.45) is 6.10. The van der Waals surface area contributed by atoms with Crippen LogP contribution in [-0.2, 0) is 0 Å². The Balaban J connectivity index is 2.10. The molecule has 0 aromatic rings. The van der Waals surface area contributed by atoms with Gasteiger partial charge in [-0.15, -0.1) is 0 Å². The van der Waals surface area contributed by atoms with Crippen molar-refractivity contribution in [3.63, 3.8) is 0 Å². The van der Waals surface area contributed by atoms with Crippen molar-refractivity contribution in [1.29, 1.82) is 5.26 Å². The SMILES string of the molecule is CCC(C)(C)C1CCC(C#N)C(N2CCC(C)(C)C2)C1. The van der Waals surface area contributed by atoms with Crippen LogP contribution in [0.1, 0.15) is 66.7 Å². The van der Waals surface area contributed by atoms with Crippen molar-refractivity contribution < 1.29 is 0 Å². The number of rotatable bonds is 3. The highest BCUT2D eigenvalue weighted by atomic mass is 15.2. The van der Waals surface area contributed by atoms with Crippen LogP contribution >= 0.6 is 0 Å². The van der Waals surface area contributed by atoms with Crippen molar-refractivity contribution in [3.8, 4) is 6.07 Å². The summed E-state index contributed by atoms with van der Waals surface area (Å²) < 4.78 is 0. The molecule has 1 saturated heterocycles. The molecule has 1 aliphatic carbocycles. The highest BCUT2D eigenvalue weighted by Gasteiger charge is 2.42. The molecule has 0 aromatic carbocycles. The first kappa shape index (κ1) is 15.8. The van der Waals surface area contributed by atoms with Crippen molar-refractivity contribution in [2.75, 3.05) is 13.1 Å². The first-order valence-electron chi connectivity index (χ1n) is 8.43. The Morgan fingerprint density at radius 1 is 1.30 bits per heavy atom. The molecule has 2 fully saturated rings. The van der Waals surface area contributed by atoms with Gasteiger partial charge in [0.05, 0.1) is 12.0 Å². The van der Waals surface area contributed by atoms with Gasteiger partial charge in [-0.3, -0.25) is 4.90 Å². The zero-order chi connectivity index (χ0) is 15.0. The minimum absolute atomic E-state index is 0.257. The van der Waals surface area contributed by atoms with Gasteiger partial charge in [0.25, 0.3) is 0 Å². The predicted octanol–water partition coefficient (Wildman–Crippen LogP) is 4.46. The summed E-state index contributed by atoms with van der Waals surface area (Å²) in [5.41, 5.74) is 0.862. The average molecular weight is 276 g/mol. The quantitative estimate of drug-likeness (QED) is 0.761. The van der Waals surface area contributed by atoms with Crippen molar-refractivity contribution in [2.24, 2.45) is 22.7 Å². The number of hydrogen-bond donors (Lipinski definition) is 0. The third-order valence-corrected chi connectivity index (χ3v) is 6.17. The third-order valence-electron chi connectivity index (χ3n) is 6.17. The molecular weight excluding hydrogens is 244 g/mol. The van der Waals surface area contributed by atoms with Crippen LogP contribution in [0.25, 0.3) is 0 Å². The van der Waals surface area contributed by atoms with Gasteiger partial charge in [0, 0.05) is 12.6 Å². The summed E-state index contributed by atoms with van der Waals surface area (Å²) in [5, 5.41) is 9.52. The highest BCUT2D eigenvalue weighted by molar-refractivity contribution is 5.02. The molecule has 0 radical (unpaired) electrons. The van der Waals surface area contributed by atoms with Crippen LogP contribution in [0.2, 0.25) is 0 Å². The van der Waals surface area contributed by atoms with Gasteiger partial charge in [-0.1, -0.05) is 41.0 Å². The Morgan fingerprint density at radius 2 is 2.00 bits per heavy atom. The van der Waals surface area contributed by atoms with Gasteiger partial charge >= 0.3 is 0 Å².